The molecule has 4 atom stereocenters. The number of nitrogen functional groups attached to an aromatic ring is 2. The van der Waals surface area contributed by atoms with E-state index in [0.717, 1.165) is 5.56 Å². The first-order valence-corrected chi connectivity index (χ1v) is 22.8. The molecule has 5 aromatic rings. The molecule has 7 N–H and O–H groups in total. The Balaban J connectivity index is 1.24. The fourth-order valence-electron chi connectivity index (χ4n) is 8.61. The summed E-state index contributed by atoms with van der Waals surface area (Å²) < 4.78 is 23.7. The number of nitrogens with zero attached hydrogens (tertiary/aromatic N) is 2. The first-order valence-electron chi connectivity index (χ1n) is 19.9. The summed E-state index contributed by atoms with van der Waals surface area (Å²) in [6.07, 6.45) is -1.19. The van der Waals surface area contributed by atoms with Gasteiger partial charge in [-0.1, -0.05) is 49.4 Å². The van der Waals surface area contributed by atoms with E-state index in [2.05, 4.69) is 10.6 Å². The van der Waals surface area contributed by atoms with Gasteiger partial charge in [0.25, 0.3) is 17.7 Å². The molecule has 2 aliphatic rings. The quantitative estimate of drug-likeness (QED) is 0.0474. The summed E-state index contributed by atoms with van der Waals surface area (Å²) in [7, 11) is -3.67. The van der Waals surface area contributed by atoms with Crippen LogP contribution in [0.1, 0.15) is 50.8 Å². The molecule has 5 aromatic carbocycles. The van der Waals surface area contributed by atoms with Gasteiger partial charge in [0.2, 0.25) is 14.3 Å². The van der Waals surface area contributed by atoms with E-state index in [-0.39, 0.29) is 44.5 Å². The van der Waals surface area contributed by atoms with E-state index in [1.165, 1.54) is 4.90 Å². The smallest absolute Gasteiger partial charge is 0.264 e. The molecule has 0 saturated carbocycles. The Morgan fingerprint density at radius 2 is 1.40 bits per heavy atom. The standard InChI is InChI=1S/C46H49FN6O6Si/c1-29-42(60(2,3)47)40(26-41(55)52(22-23-54)27-30-8-5-4-6-9-30)59-46(29)38-25-37(51-44(57)33-14-18-35(49)19-15-33)20-21-39(38)53(45(46)58)28-31-10-7-11-36(24-31)50-43(56)32-12-16-34(48)17-13-32/h4-21,24-25,29,40,42,54H,22-23,26-28,48-49H2,1-3H3,(H,50,56)(H,51,57)/t29-,40+,42-,46+/m0/s1. The molecule has 7 rings (SSSR count). The van der Waals surface area contributed by atoms with Gasteiger partial charge in [-0.15, -0.1) is 0 Å². The van der Waals surface area contributed by atoms with E-state index in [4.69, 9.17) is 16.2 Å². The highest BCUT2D eigenvalue weighted by molar-refractivity contribution is 6.72. The molecule has 60 heavy (non-hydrogen) atoms. The average molecular weight is 829 g/mol. The number of hydrogen-bond donors (Lipinski definition) is 5. The lowest BCUT2D eigenvalue weighted by Crippen LogP contribution is -2.45. The predicted molar refractivity (Wildman–Crippen MR) is 233 cm³/mol. The van der Waals surface area contributed by atoms with Gasteiger partial charge in [0.05, 0.1) is 31.4 Å². The largest absolute Gasteiger partial charge is 0.399 e. The van der Waals surface area contributed by atoms with Crippen molar-refractivity contribution < 1.29 is 33.1 Å². The number of benzene rings is 5. The Labute approximate surface area is 349 Å². The summed E-state index contributed by atoms with van der Waals surface area (Å²) in [6, 6.07) is 34.7. The zero-order valence-corrected chi connectivity index (χ0v) is 34.7. The van der Waals surface area contributed by atoms with Gasteiger partial charge in [-0.2, -0.15) is 0 Å². The summed E-state index contributed by atoms with van der Waals surface area (Å²) >= 11 is 0. The lowest BCUT2D eigenvalue weighted by Gasteiger charge is -2.31. The topological polar surface area (TPSA) is 180 Å². The van der Waals surface area contributed by atoms with Gasteiger partial charge in [0.15, 0.2) is 5.60 Å². The molecule has 14 heteroatoms. The molecule has 0 aliphatic carbocycles. The maximum absolute atomic E-state index is 16.7. The maximum atomic E-state index is 16.7. The molecule has 1 spiro atoms. The Hall–Kier alpha value is -6.35. The highest BCUT2D eigenvalue weighted by atomic mass is 28.4. The Kier molecular flexibility index (Phi) is 11.9. The minimum absolute atomic E-state index is 0.0639. The van der Waals surface area contributed by atoms with Gasteiger partial charge in [-0.3, -0.25) is 19.2 Å². The van der Waals surface area contributed by atoms with Crippen LogP contribution >= 0.6 is 0 Å². The Morgan fingerprint density at radius 1 is 0.817 bits per heavy atom. The normalized spacial score (nSPS) is 19.6. The summed E-state index contributed by atoms with van der Waals surface area (Å²) in [6.45, 7) is 5.03. The highest BCUT2D eigenvalue weighted by Gasteiger charge is 2.67. The Bertz CT molecular complexity index is 2390. The van der Waals surface area contributed by atoms with Crippen molar-refractivity contribution in [1.82, 2.24) is 4.90 Å². The number of halogens is 1. The van der Waals surface area contributed by atoms with Gasteiger partial charge in [-0.25, -0.2) is 0 Å². The van der Waals surface area contributed by atoms with Crippen LogP contribution in [0.25, 0.3) is 0 Å². The van der Waals surface area contributed by atoms with Crippen LogP contribution in [0, 0.1) is 5.92 Å². The van der Waals surface area contributed by atoms with Crippen LogP contribution in [0.5, 0.6) is 0 Å². The van der Waals surface area contributed by atoms with E-state index in [9.17, 15) is 19.5 Å². The number of amides is 4. The summed E-state index contributed by atoms with van der Waals surface area (Å²) in [5.41, 5.74) is 14.4. The monoisotopic (exact) mass is 828 g/mol. The van der Waals surface area contributed by atoms with Crippen molar-refractivity contribution in [3.05, 3.63) is 149 Å². The zero-order chi connectivity index (χ0) is 42.8. The third-order valence-corrected chi connectivity index (χ3v) is 13.9. The SMILES string of the molecule is C[C@H]1[C@H]([Si](C)(C)F)[C@@H](CC(=O)N(CCO)Cc2ccccc2)O[C@]12C(=O)N(Cc1cccc(NC(=O)c3ccc(N)cc3)c1)c1ccc(NC(=O)c3ccc(N)cc3)cc12. The molecular formula is C46H49FN6O6Si. The van der Waals surface area contributed by atoms with E-state index < -0.39 is 43.4 Å². The van der Waals surface area contributed by atoms with Crippen LogP contribution in [0.15, 0.2) is 121 Å². The summed E-state index contributed by atoms with van der Waals surface area (Å²) in [5, 5.41) is 15.7. The van der Waals surface area contributed by atoms with Crippen LogP contribution in [-0.2, 0) is 33.0 Å². The molecule has 2 aliphatic heterocycles. The number of fused-ring (bicyclic) bond motifs is 2. The van der Waals surface area contributed by atoms with Crippen molar-refractivity contribution in [3.8, 4) is 0 Å². The number of hydrogen-bond acceptors (Lipinski definition) is 8. The van der Waals surface area contributed by atoms with E-state index in [0.29, 0.717) is 50.7 Å². The fourth-order valence-corrected chi connectivity index (χ4v) is 11.1. The molecule has 2 heterocycles. The van der Waals surface area contributed by atoms with Gasteiger partial charge >= 0.3 is 0 Å². The number of nitrogens with one attached hydrogen (secondary N) is 2. The van der Waals surface area contributed by atoms with Gasteiger partial charge in [-0.05, 0) is 103 Å². The Morgan fingerprint density at radius 3 is 1.98 bits per heavy atom. The number of ether oxygens (including phenoxy) is 1. The predicted octanol–water partition coefficient (Wildman–Crippen LogP) is 7.09. The third-order valence-electron chi connectivity index (χ3n) is 11.4. The van der Waals surface area contributed by atoms with Crippen LogP contribution < -0.4 is 27.0 Å². The fraction of sp³-hybridized carbons (Fsp3) is 0.261. The van der Waals surface area contributed by atoms with Crippen LogP contribution in [0.4, 0.5) is 32.5 Å². The first kappa shape index (κ1) is 41.8. The van der Waals surface area contributed by atoms with E-state index >= 15 is 8.90 Å². The lowest BCUT2D eigenvalue weighted by molar-refractivity contribution is -0.150. The molecule has 1 fully saturated rings. The van der Waals surface area contributed by atoms with Gasteiger partial charge < -0.3 is 45.9 Å². The summed E-state index contributed by atoms with van der Waals surface area (Å²) in [5.74, 6) is -2.23. The second-order valence-corrected chi connectivity index (χ2v) is 19.8. The molecule has 12 nitrogen and oxygen atoms in total. The van der Waals surface area contributed by atoms with Gasteiger partial charge in [0.1, 0.15) is 0 Å². The first-order chi connectivity index (χ1) is 28.7. The number of carbonyl (C=O) groups is 4. The second kappa shape index (κ2) is 17.1. The zero-order valence-electron chi connectivity index (χ0n) is 33.7. The molecule has 0 radical (unpaired) electrons. The van der Waals surface area contributed by atoms with Crippen molar-refractivity contribution in [2.24, 2.45) is 5.92 Å². The number of aliphatic hydroxyl groups is 1. The van der Waals surface area contributed by atoms with Gasteiger partial charge in [0, 0.05) is 64.0 Å². The number of rotatable bonds is 13. The average Bonchev–Trinajstić information content (AvgIpc) is 3.64. The number of aliphatic hydroxyl groups excluding tert-OH is 1. The van der Waals surface area contributed by atoms with Crippen molar-refractivity contribution in [2.75, 3.05) is 40.2 Å². The van der Waals surface area contributed by atoms with Crippen molar-refractivity contribution in [1.29, 1.82) is 0 Å². The third kappa shape index (κ3) is 8.53. The molecule has 0 aromatic heterocycles. The molecule has 4 amide bonds. The lowest BCUT2D eigenvalue weighted by atomic mass is 9.82. The van der Waals surface area contributed by atoms with Crippen molar-refractivity contribution in [3.63, 3.8) is 0 Å². The number of carbonyl (C=O) groups excluding carboxylic acids is 4. The van der Waals surface area contributed by atoms with Crippen LogP contribution in [-0.4, -0.2) is 61.3 Å². The second-order valence-electron chi connectivity index (χ2n) is 16.0. The molecular weight excluding hydrogens is 780 g/mol. The van der Waals surface area contributed by atoms with E-state index in [1.54, 1.807) is 110 Å². The highest BCUT2D eigenvalue weighted by Crippen LogP contribution is 2.60. The molecule has 1 saturated heterocycles. The number of nitrogens with two attached hydrogens (primary N) is 2. The molecule has 0 bridgehead atoms. The molecule has 310 valence electrons. The van der Waals surface area contributed by atoms with E-state index in [1.807, 2.05) is 36.4 Å². The minimum Gasteiger partial charge on any atom is -0.399 e. The van der Waals surface area contributed by atoms with Crippen LogP contribution in [0.2, 0.25) is 18.6 Å². The molecule has 0 unspecified atom stereocenters. The van der Waals surface area contributed by atoms with Crippen molar-refractivity contribution >= 4 is 60.5 Å². The summed E-state index contributed by atoms with van der Waals surface area (Å²) in [4.78, 5) is 58.9. The minimum atomic E-state index is -3.67. The maximum Gasteiger partial charge on any atom is 0.264 e. The van der Waals surface area contributed by atoms with Crippen LogP contribution in [0.3, 0.4) is 0 Å². The number of anilines is 5. The van der Waals surface area contributed by atoms with Crippen molar-refractivity contribution in [2.45, 2.75) is 56.8 Å².